The van der Waals surface area contributed by atoms with Crippen LogP contribution in [-0.4, -0.2) is 84.9 Å². The van der Waals surface area contributed by atoms with Crippen molar-refractivity contribution in [3.05, 3.63) is 66.1 Å². The molecule has 184 valence electrons. The van der Waals surface area contributed by atoms with Crippen LogP contribution in [0.25, 0.3) is 11.4 Å². The molecule has 1 unspecified atom stereocenters. The van der Waals surface area contributed by atoms with Crippen molar-refractivity contribution >= 4 is 15.9 Å². The van der Waals surface area contributed by atoms with Gasteiger partial charge in [0.05, 0.1) is 10.8 Å². The van der Waals surface area contributed by atoms with Crippen LogP contribution in [0.4, 0.5) is 0 Å². The number of rotatable bonds is 5. The summed E-state index contributed by atoms with van der Waals surface area (Å²) in [7, 11) is -1.54. The zero-order valence-electron chi connectivity index (χ0n) is 19.7. The molecule has 2 aliphatic heterocycles. The fourth-order valence-corrected chi connectivity index (χ4v) is 6.02. The zero-order valence-corrected chi connectivity index (χ0v) is 20.5. The van der Waals surface area contributed by atoms with Crippen LogP contribution in [0.3, 0.4) is 0 Å². The summed E-state index contributed by atoms with van der Waals surface area (Å²) in [6, 6.07) is 15.9. The highest BCUT2D eigenvalue weighted by molar-refractivity contribution is 7.89. The SMILES string of the molecule is CN1CCN(S(=O)(=O)c2ccc(-c3noc(C4CCCN(C(=O)c5ccccc5)C4)n3)cc2)CC1. The summed E-state index contributed by atoms with van der Waals surface area (Å²) in [6.45, 7) is 3.64. The van der Waals surface area contributed by atoms with E-state index in [1.165, 1.54) is 4.31 Å². The average molecular weight is 496 g/mol. The molecule has 2 fully saturated rings. The first-order chi connectivity index (χ1) is 16.9. The molecule has 0 bridgehead atoms. The lowest BCUT2D eigenvalue weighted by Crippen LogP contribution is -2.46. The molecule has 0 saturated carbocycles. The number of benzene rings is 2. The third-order valence-corrected chi connectivity index (χ3v) is 8.65. The zero-order chi connectivity index (χ0) is 24.4. The Morgan fingerprint density at radius 1 is 0.971 bits per heavy atom. The van der Waals surface area contributed by atoms with Crippen molar-refractivity contribution < 1.29 is 17.7 Å². The van der Waals surface area contributed by atoms with Crippen LogP contribution in [0.1, 0.15) is 35.0 Å². The largest absolute Gasteiger partial charge is 0.339 e. The maximum absolute atomic E-state index is 13.0. The van der Waals surface area contributed by atoms with Gasteiger partial charge in [-0.15, -0.1) is 0 Å². The number of amides is 1. The molecule has 5 rings (SSSR count). The number of likely N-dealkylation sites (tertiary alicyclic amines) is 1. The Hall–Kier alpha value is -3.08. The Kier molecular flexibility index (Phi) is 6.68. The summed E-state index contributed by atoms with van der Waals surface area (Å²) in [5.41, 5.74) is 1.36. The molecule has 3 heterocycles. The topological polar surface area (TPSA) is 99.9 Å². The van der Waals surface area contributed by atoms with Crippen molar-refractivity contribution in [3.8, 4) is 11.4 Å². The molecular weight excluding hydrogens is 466 g/mol. The number of aromatic nitrogens is 2. The van der Waals surface area contributed by atoms with Crippen LogP contribution < -0.4 is 0 Å². The fourth-order valence-electron chi connectivity index (χ4n) is 4.60. The van der Waals surface area contributed by atoms with Gasteiger partial charge in [0.2, 0.25) is 21.7 Å². The van der Waals surface area contributed by atoms with Gasteiger partial charge in [-0.25, -0.2) is 8.42 Å². The lowest BCUT2D eigenvalue weighted by atomic mass is 9.97. The monoisotopic (exact) mass is 495 g/mol. The molecule has 1 amide bonds. The van der Waals surface area contributed by atoms with Crippen molar-refractivity contribution in [2.24, 2.45) is 0 Å². The second-order valence-electron chi connectivity index (χ2n) is 9.14. The summed E-state index contributed by atoms with van der Waals surface area (Å²) >= 11 is 0. The average Bonchev–Trinajstić information content (AvgIpc) is 3.40. The van der Waals surface area contributed by atoms with E-state index in [-0.39, 0.29) is 16.7 Å². The third kappa shape index (κ3) is 5.00. The molecule has 0 spiro atoms. The van der Waals surface area contributed by atoms with Gasteiger partial charge in [-0.05, 0) is 56.3 Å². The van der Waals surface area contributed by atoms with Crippen molar-refractivity contribution in [1.82, 2.24) is 24.2 Å². The number of hydrogen-bond acceptors (Lipinski definition) is 7. The van der Waals surface area contributed by atoms with Gasteiger partial charge in [0.25, 0.3) is 5.91 Å². The van der Waals surface area contributed by atoms with E-state index < -0.39 is 10.0 Å². The Balaban J connectivity index is 1.27. The van der Waals surface area contributed by atoms with Crippen molar-refractivity contribution in [3.63, 3.8) is 0 Å². The minimum absolute atomic E-state index is 0.00665. The molecular formula is C25H29N5O4S. The number of likely N-dealkylation sites (N-methyl/N-ethyl adjacent to an activating group) is 1. The van der Waals surface area contributed by atoms with E-state index in [1.807, 2.05) is 42.3 Å². The summed E-state index contributed by atoms with van der Waals surface area (Å²) in [4.78, 5) is 21.6. The highest BCUT2D eigenvalue weighted by Crippen LogP contribution is 2.29. The lowest BCUT2D eigenvalue weighted by molar-refractivity contribution is 0.0695. The molecule has 1 atom stereocenters. The highest BCUT2D eigenvalue weighted by Gasteiger charge is 2.30. The maximum atomic E-state index is 13.0. The fraction of sp³-hybridized carbons (Fsp3) is 0.400. The Morgan fingerprint density at radius 2 is 1.69 bits per heavy atom. The van der Waals surface area contributed by atoms with E-state index in [1.54, 1.807) is 24.3 Å². The smallest absolute Gasteiger partial charge is 0.253 e. The predicted octanol–water partition coefficient (Wildman–Crippen LogP) is 2.69. The van der Waals surface area contributed by atoms with Crippen molar-refractivity contribution in [2.75, 3.05) is 46.3 Å². The number of piperazine rings is 1. The summed E-state index contributed by atoms with van der Waals surface area (Å²) < 4.78 is 33.0. The molecule has 2 aromatic carbocycles. The van der Waals surface area contributed by atoms with E-state index >= 15 is 0 Å². The van der Waals surface area contributed by atoms with E-state index in [0.717, 1.165) is 25.9 Å². The molecule has 10 heteroatoms. The number of nitrogens with zero attached hydrogens (tertiary/aromatic N) is 5. The number of carbonyl (C=O) groups is 1. The van der Waals surface area contributed by atoms with Gasteiger partial charge in [0, 0.05) is 50.4 Å². The van der Waals surface area contributed by atoms with Gasteiger partial charge in [0.1, 0.15) is 0 Å². The standard InChI is InChI=1S/C25H29N5O4S/c1-28-14-16-30(17-15-28)35(32,33)22-11-9-19(10-12-22)23-26-24(34-27-23)21-8-5-13-29(18-21)25(31)20-6-3-2-4-7-20/h2-4,6-7,9-12,21H,5,8,13-18H2,1H3. The number of sulfonamides is 1. The Bertz CT molecular complexity index is 1270. The number of carbonyl (C=O) groups excluding carboxylic acids is 1. The van der Waals surface area contributed by atoms with Gasteiger partial charge in [-0.3, -0.25) is 4.79 Å². The van der Waals surface area contributed by atoms with Crippen LogP contribution in [0.5, 0.6) is 0 Å². The van der Waals surface area contributed by atoms with Crippen LogP contribution in [0, 0.1) is 0 Å². The molecule has 0 N–H and O–H groups in total. The first-order valence-corrected chi connectivity index (χ1v) is 13.3. The molecule has 3 aromatic rings. The van der Waals surface area contributed by atoms with Gasteiger partial charge >= 0.3 is 0 Å². The quantitative estimate of drug-likeness (QED) is 0.537. The van der Waals surface area contributed by atoms with E-state index in [9.17, 15) is 13.2 Å². The van der Waals surface area contributed by atoms with Gasteiger partial charge in [0.15, 0.2) is 0 Å². The van der Waals surface area contributed by atoms with Crippen molar-refractivity contribution in [2.45, 2.75) is 23.7 Å². The Labute approximate surface area is 205 Å². The molecule has 2 aliphatic rings. The van der Waals surface area contributed by atoms with Crippen LogP contribution in [-0.2, 0) is 10.0 Å². The normalized spacial score (nSPS) is 20.1. The van der Waals surface area contributed by atoms with Crippen LogP contribution in [0.2, 0.25) is 0 Å². The second-order valence-corrected chi connectivity index (χ2v) is 11.1. The summed E-state index contributed by atoms with van der Waals surface area (Å²) in [6.07, 6.45) is 1.72. The Morgan fingerprint density at radius 3 is 2.40 bits per heavy atom. The summed E-state index contributed by atoms with van der Waals surface area (Å²) in [5.74, 6) is 0.886. The first-order valence-electron chi connectivity index (χ1n) is 11.9. The van der Waals surface area contributed by atoms with Gasteiger partial charge in [-0.1, -0.05) is 23.4 Å². The predicted molar refractivity (Wildman–Crippen MR) is 130 cm³/mol. The lowest BCUT2D eigenvalue weighted by Gasteiger charge is -2.31. The number of piperidine rings is 1. The number of hydrogen-bond donors (Lipinski definition) is 0. The third-order valence-electron chi connectivity index (χ3n) is 6.73. The molecule has 35 heavy (non-hydrogen) atoms. The van der Waals surface area contributed by atoms with E-state index in [0.29, 0.717) is 49.0 Å². The summed E-state index contributed by atoms with van der Waals surface area (Å²) in [5, 5.41) is 4.12. The second kappa shape index (κ2) is 9.88. The molecule has 0 radical (unpaired) electrons. The maximum Gasteiger partial charge on any atom is 0.253 e. The van der Waals surface area contributed by atoms with Crippen LogP contribution >= 0.6 is 0 Å². The molecule has 1 aromatic heterocycles. The van der Waals surface area contributed by atoms with E-state index in [2.05, 4.69) is 15.0 Å². The van der Waals surface area contributed by atoms with Crippen molar-refractivity contribution in [1.29, 1.82) is 0 Å². The first kappa shape index (κ1) is 23.7. The highest BCUT2D eigenvalue weighted by atomic mass is 32.2. The van der Waals surface area contributed by atoms with Gasteiger partial charge in [-0.2, -0.15) is 9.29 Å². The molecule has 2 saturated heterocycles. The minimum atomic E-state index is -3.53. The van der Waals surface area contributed by atoms with Crippen LogP contribution in [0.15, 0.2) is 64.0 Å². The van der Waals surface area contributed by atoms with Gasteiger partial charge < -0.3 is 14.3 Å². The van der Waals surface area contributed by atoms with E-state index in [4.69, 9.17) is 4.52 Å². The molecule has 9 nitrogen and oxygen atoms in total. The molecule has 0 aliphatic carbocycles. The minimum Gasteiger partial charge on any atom is -0.339 e.